The van der Waals surface area contributed by atoms with E-state index in [9.17, 15) is 18.0 Å². The Morgan fingerprint density at radius 3 is 2.85 bits per heavy atom. The summed E-state index contributed by atoms with van der Waals surface area (Å²) in [5.41, 5.74) is 1.18. The van der Waals surface area contributed by atoms with E-state index in [1.54, 1.807) is 11.1 Å². The molecular formula is C17H14ClF3N4O. The van der Waals surface area contributed by atoms with Gasteiger partial charge in [-0.3, -0.25) is 0 Å². The first-order valence-corrected chi connectivity index (χ1v) is 8.47. The zero-order valence-electron chi connectivity index (χ0n) is 13.4. The average Bonchev–Trinajstić information content (AvgIpc) is 2.89. The number of halogens is 4. The van der Waals surface area contributed by atoms with Gasteiger partial charge in [0.1, 0.15) is 6.33 Å². The summed E-state index contributed by atoms with van der Waals surface area (Å²) in [7, 11) is 0. The number of nitrogens with zero attached hydrogens (tertiary/aromatic N) is 3. The van der Waals surface area contributed by atoms with Crippen molar-refractivity contribution < 1.29 is 18.0 Å². The number of nitrogens with one attached hydrogen (secondary N) is 1. The minimum atomic E-state index is -4.53. The Hall–Kier alpha value is -2.35. The van der Waals surface area contributed by atoms with E-state index in [-0.39, 0.29) is 23.8 Å². The van der Waals surface area contributed by atoms with Crippen molar-refractivity contribution >= 4 is 23.3 Å². The van der Waals surface area contributed by atoms with E-state index in [1.807, 2.05) is 0 Å². The van der Waals surface area contributed by atoms with Gasteiger partial charge >= 0.3 is 12.2 Å². The van der Waals surface area contributed by atoms with Gasteiger partial charge in [0.05, 0.1) is 22.3 Å². The minimum absolute atomic E-state index is 0.0207. The molecule has 26 heavy (non-hydrogen) atoms. The summed E-state index contributed by atoms with van der Waals surface area (Å²) >= 11 is 5.72. The highest BCUT2D eigenvalue weighted by molar-refractivity contribution is 6.31. The van der Waals surface area contributed by atoms with Crippen molar-refractivity contribution in [3.05, 3.63) is 52.6 Å². The van der Waals surface area contributed by atoms with Crippen LogP contribution in [0.15, 0.2) is 30.7 Å². The molecule has 0 aliphatic carbocycles. The van der Waals surface area contributed by atoms with Crippen LogP contribution in [0.3, 0.4) is 0 Å². The van der Waals surface area contributed by atoms with Crippen LogP contribution in [0.25, 0.3) is 0 Å². The summed E-state index contributed by atoms with van der Waals surface area (Å²) in [6, 6.07) is 2.73. The van der Waals surface area contributed by atoms with Crippen molar-refractivity contribution in [3.63, 3.8) is 0 Å². The topological polar surface area (TPSA) is 58.1 Å². The highest BCUT2D eigenvalue weighted by atomic mass is 35.5. The molecule has 2 atom stereocenters. The second kappa shape index (κ2) is 6.12. The van der Waals surface area contributed by atoms with E-state index in [2.05, 4.69) is 15.3 Å². The number of hydrogen-bond acceptors (Lipinski definition) is 3. The molecule has 1 N–H and O–H groups in total. The molecule has 5 nitrogen and oxygen atoms in total. The van der Waals surface area contributed by atoms with Crippen LogP contribution >= 0.6 is 11.6 Å². The Morgan fingerprint density at radius 2 is 2.12 bits per heavy atom. The van der Waals surface area contributed by atoms with Crippen molar-refractivity contribution in [3.8, 4) is 0 Å². The van der Waals surface area contributed by atoms with Crippen molar-refractivity contribution in [2.75, 3.05) is 5.32 Å². The third kappa shape index (κ3) is 2.88. The molecule has 2 aliphatic heterocycles. The van der Waals surface area contributed by atoms with Crippen molar-refractivity contribution in [2.24, 2.45) is 0 Å². The Labute approximate surface area is 152 Å². The van der Waals surface area contributed by atoms with Crippen LogP contribution in [0.4, 0.5) is 23.7 Å². The molecular weight excluding hydrogens is 369 g/mol. The normalized spacial score (nSPS) is 21.5. The maximum Gasteiger partial charge on any atom is 0.417 e. The number of carbonyl (C=O) groups excluding carboxylic acids is 1. The molecule has 0 unspecified atom stereocenters. The molecule has 2 amide bonds. The second-order valence-corrected chi connectivity index (χ2v) is 6.81. The van der Waals surface area contributed by atoms with E-state index in [0.29, 0.717) is 6.42 Å². The number of amides is 2. The van der Waals surface area contributed by atoms with Gasteiger partial charge in [0.2, 0.25) is 0 Å². The summed E-state index contributed by atoms with van der Waals surface area (Å²) < 4.78 is 38.4. The maximum atomic E-state index is 12.8. The molecule has 0 spiro atoms. The molecule has 136 valence electrons. The van der Waals surface area contributed by atoms with Gasteiger partial charge in [0, 0.05) is 29.9 Å². The molecule has 9 heteroatoms. The Bertz CT molecular complexity index is 873. The van der Waals surface area contributed by atoms with Gasteiger partial charge < -0.3 is 10.2 Å². The molecule has 1 saturated heterocycles. The first-order valence-electron chi connectivity index (χ1n) is 8.09. The molecule has 2 aliphatic rings. The smallest absolute Gasteiger partial charge is 0.314 e. The molecule has 0 saturated carbocycles. The maximum absolute atomic E-state index is 12.8. The lowest BCUT2D eigenvalue weighted by Gasteiger charge is -2.35. The van der Waals surface area contributed by atoms with E-state index in [4.69, 9.17) is 11.6 Å². The van der Waals surface area contributed by atoms with Gasteiger partial charge in [0.25, 0.3) is 0 Å². The van der Waals surface area contributed by atoms with Crippen LogP contribution in [0.5, 0.6) is 0 Å². The predicted octanol–water partition coefficient (Wildman–Crippen LogP) is 4.44. The van der Waals surface area contributed by atoms with E-state index in [1.165, 1.54) is 12.4 Å². The molecule has 2 aromatic rings. The number of aromatic nitrogens is 2. The number of rotatable bonds is 1. The summed E-state index contributed by atoms with van der Waals surface area (Å²) in [4.78, 5) is 22.8. The number of hydrogen-bond donors (Lipinski definition) is 1. The summed E-state index contributed by atoms with van der Waals surface area (Å²) in [6.45, 7) is 0. The lowest BCUT2D eigenvalue weighted by atomic mass is 10.00. The van der Waals surface area contributed by atoms with Crippen LogP contribution in [0.2, 0.25) is 5.02 Å². The lowest BCUT2D eigenvalue weighted by Crippen LogP contribution is -2.44. The number of carbonyl (C=O) groups is 1. The monoisotopic (exact) mass is 382 g/mol. The van der Waals surface area contributed by atoms with Crippen LogP contribution in [-0.4, -0.2) is 26.9 Å². The molecule has 1 fully saturated rings. The van der Waals surface area contributed by atoms with E-state index < -0.39 is 16.8 Å². The fourth-order valence-corrected chi connectivity index (χ4v) is 4.03. The van der Waals surface area contributed by atoms with Crippen LogP contribution in [0.1, 0.15) is 35.7 Å². The van der Waals surface area contributed by atoms with E-state index in [0.717, 1.165) is 36.2 Å². The second-order valence-electron chi connectivity index (χ2n) is 6.41. The van der Waals surface area contributed by atoms with Gasteiger partial charge in [-0.15, -0.1) is 0 Å². The highest BCUT2D eigenvalue weighted by Gasteiger charge is 2.43. The Kier molecular flexibility index (Phi) is 4.02. The fourth-order valence-electron chi connectivity index (χ4n) is 3.74. The largest absolute Gasteiger partial charge is 0.417 e. The van der Waals surface area contributed by atoms with Gasteiger partial charge in [0.15, 0.2) is 0 Å². The first-order chi connectivity index (χ1) is 12.3. The van der Waals surface area contributed by atoms with Crippen LogP contribution < -0.4 is 5.32 Å². The number of anilines is 1. The molecule has 3 heterocycles. The summed E-state index contributed by atoms with van der Waals surface area (Å²) in [5.74, 6) is 0. The van der Waals surface area contributed by atoms with Crippen molar-refractivity contribution in [1.29, 1.82) is 0 Å². The standard InChI is InChI=1S/C17H14ClF3N4O/c18-13-5-9(1-3-12(13)17(19,20)21)24-16(26)25-10-2-4-15(25)11-7-22-8-23-14(11)6-10/h1,3,5,7-8,10,15H,2,4,6H2,(H,24,26)/t10-,15+/m0/s1. The van der Waals surface area contributed by atoms with E-state index >= 15 is 0 Å². The van der Waals surface area contributed by atoms with Gasteiger partial charge in [-0.2, -0.15) is 13.2 Å². The van der Waals surface area contributed by atoms with Gasteiger partial charge in [-0.25, -0.2) is 14.8 Å². The molecule has 0 radical (unpaired) electrons. The first kappa shape index (κ1) is 17.1. The molecule has 4 rings (SSSR count). The quantitative estimate of drug-likeness (QED) is 0.793. The SMILES string of the molecule is O=C(Nc1ccc(C(F)(F)F)c(Cl)c1)N1[C@H]2CC[C@@H]1c1cncnc1C2. The number of fused-ring (bicyclic) bond motifs is 4. The number of urea groups is 1. The van der Waals surface area contributed by atoms with Gasteiger partial charge in [-0.05, 0) is 31.0 Å². The third-order valence-corrected chi connectivity index (χ3v) is 5.19. The average molecular weight is 383 g/mol. The van der Waals surface area contributed by atoms with Crippen LogP contribution in [-0.2, 0) is 12.6 Å². The lowest BCUT2D eigenvalue weighted by molar-refractivity contribution is -0.137. The third-order valence-electron chi connectivity index (χ3n) is 4.88. The predicted molar refractivity (Wildman–Crippen MR) is 88.8 cm³/mol. The van der Waals surface area contributed by atoms with Crippen LogP contribution in [0, 0.1) is 0 Å². The fraction of sp³-hybridized carbons (Fsp3) is 0.353. The number of benzene rings is 1. The van der Waals surface area contributed by atoms with Crippen molar-refractivity contribution in [1.82, 2.24) is 14.9 Å². The zero-order chi connectivity index (χ0) is 18.5. The minimum Gasteiger partial charge on any atom is -0.314 e. The number of alkyl halides is 3. The Morgan fingerprint density at radius 1 is 1.31 bits per heavy atom. The van der Waals surface area contributed by atoms with Crippen molar-refractivity contribution in [2.45, 2.75) is 37.5 Å². The highest BCUT2D eigenvalue weighted by Crippen LogP contribution is 2.43. The zero-order valence-corrected chi connectivity index (χ0v) is 14.2. The molecule has 2 bridgehead atoms. The Balaban J connectivity index is 1.56. The molecule has 1 aromatic heterocycles. The van der Waals surface area contributed by atoms with Gasteiger partial charge in [-0.1, -0.05) is 11.6 Å². The summed E-state index contributed by atoms with van der Waals surface area (Å²) in [5, 5.41) is 2.21. The summed E-state index contributed by atoms with van der Waals surface area (Å²) in [6.07, 6.45) is 1.00. The molecule has 1 aromatic carbocycles.